The summed E-state index contributed by atoms with van der Waals surface area (Å²) in [6, 6.07) is 12.3. The zero-order chi connectivity index (χ0) is 22.0. The van der Waals surface area contributed by atoms with E-state index in [9.17, 15) is 9.59 Å². The largest absolute Gasteiger partial charge is 0.462 e. The summed E-state index contributed by atoms with van der Waals surface area (Å²) in [4.78, 5) is 33.5. The first kappa shape index (κ1) is 21.4. The molecule has 1 aliphatic heterocycles. The minimum absolute atomic E-state index is 0.273. The van der Waals surface area contributed by atoms with E-state index in [2.05, 4.69) is 15.3 Å². The van der Waals surface area contributed by atoms with Crippen LogP contribution in [0.1, 0.15) is 22.8 Å². The summed E-state index contributed by atoms with van der Waals surface area (Å²) in [5.41, 5.74) is 2.29. The van der Waals surface area contributed by atoms with Crippen LogP contribution >= 0.6 is 35.0 Å². The summed E-state index contributed by atoms with van der Waals surface area (Å²) in [7, 11) is 0. The van der Waals surface area contributed by atoms with E-state index in [0.717, 1.165) is 16.5 Å². The number of amidine groups is 1. The number of esters is 1. The minimum Gasteiger partial charge on any atom is -0.462 e. The van der Waals surface area contributed by atoms with Gasteiger partial charge in [0.15, 0.2) is 5.17 Å². The highest BCUT2D eigenvalue weighted by Gasteiger charge is 2.24. The topological polar surface area (TPSA) is 80.7 Å². The van der Waals surface area contributed by atoms with Crippen molar-refractivity contribution in [3.63, 3.8) is 0 Å². The molecule has 6 nitrogen and oxygen atoms in total. The van der Waals surface area contributed by atoms with Crippen LogP contribution in [0.5, 0.6) is 0 Å². The van der Waals surface area contributed by atoms with Gasteiger partial charge in [-0.15, -0.1) is 0 Å². The highest BCUT2D eigenvalue weighted by Crippen LogP contribution is 2.35. The Bertz CT molecular complexity index is 1250. The van der Waals surface area contributed by atoms with E-state index in [-0.39, 0.29) is 5.91 Å². The number of hydrogen-bond acceptors (Lipinski definition) is 6. The number of benzene rings is 2. The van der Waals surface area contributed by atoms with E-state index in [1.807, 2.05) is 18.2 Å². The molecule has 2 aromatic carbocycles. The molecule has 1 amide bonds. The molecule has 2 heterocycles. The highest BCUT2D eigenvalue weighted by molar-refractivity contribution is 8.18. The summed E-state index contributed by atoms with van der Waals surface area (Å²) in [6.07, 6.45) is 3.23. The van der Waals surface area contributed by atoms with Crippen LogP contribution in [-0.2, 0) is 9.53 Å². The molecule has 1 fully saturated rings. The molecule has 0 radical (unpaired) electrons. The number of nitrogens with one attached hydrogen (secondary N) is 1. The first-order chi connectivity index (χ1) is 14.9. The maximum Gasteiger partial charge on any atom is 0.339 e. The molecule has 0 spiro atoms. The van der Waals surface area contributed by atoms with Crippen molar-refractivity contribution in [2.45, 2.75) is 6.92 Å². The Kier molecular flexibility index (Phi) is 6.27. The summed E-state index contributed by atoms with van der Waals surface area (Å²) in [5, 5.41) is 4.66. The molecule has 0 bridgehead atoms. The fourth-order valence-electron chi connectivity index (χ4n) is 2.90. The molecule has 4 rings (SSSR count). The van der Waals surface area contributed by atoms with E-state index < -0.39 is 5.97 Å². The fraction of sp³-hybridized carbons (Fsp3) is 0.0909. The number of halogens is 2. The number of hydrogen-bond donors (Lipinski definition) is 1. The van der Waals surface area contributed by atoms with Crippen LogP contribution in [0, 0.1) is 0 Å². The molecule has 156 valence electrons. The van der Waals surface area contributed by atoms with Crippen LogP contribution in [0.15, 0.2) is 58.6 Å². The first-order valence-corrected chi connectivity index (χ1v) is 10.8. The second-order valence-corrected chi connectivity index (χ2v) is 8.29. The van der Waals surface area contributed by atoms with Crippen molar-refractivity contribution in [2.75, 3.05) is 6.61 Å². The maximum atomic E-state index is 12.4. The van der Waals surface area contributed by atoms with Crippen LogP contribution in [0.3, 0.4) is 0 Å². The summed E-state index contributed by atoms with van der Waals surface area (Å²) in [5.74, 6) is -0.698. The summed E-state index contributed by atoms with van der Waals surface area (Å²) in [6.45, 7) is 2.04. The Hall–Kier alpha value is -2.87. The number of para-hydroxylation sites is 1. The van der Waals surface area contributed by atoms with Gasteiger partial charge in [-0.3, -0.25) is 9.78 Å². The van der Waals surface area contributed by atoms with E-state index in [4.69, 9.17) is 27.9 Å². The highest BCUT2D eigenvalue weighted by atomic mass is 35.5. The van der Waals surface area contributed by atoms with Crippen LogP contribution < -0.4 is 5.32 Å². The second kappa shape index (κ2) is 9.09. The average molecular weight is 472 g/mol. The minimum atomic E-state index is -0.425. The lowest BCUT2D eigenvalue weighted by molar-refractivity contribution is -0.115. The van der Waals surface area contributed by atoms with Crippen molar-refractivity contribution in [3.8, 4) is 0 Å². The molecule has 9 heteroatoms. The third-order valence-electron chi connectivity index (χ3n) is 4.32. The van der Waals surface area contributed by atoms with E-state index in [1.165, 1.54) is 18.0 Å². The lowest BCUT2D eigenvalue weighted by Gasteiger charge is -2.04. The third-order valence-corrected chi connectivity index (χ3v) is 5.84. The van der Waals surface area contributed by atoms with Gasteiger partial charge in [-0.2, -0.15) is 0 Å². The lowest BCUT2D eigenvalue weighted by Crippen LogP contribution is -2.19. The third kappa shape index (κ3) is 4.74. The SMILES string of the molecule is CCOC(=O)c1cnc2ccc(C=C3SC(=Nc4c(Cl)cccc4Cl)NC3=O)cc2c1. The van der Waals surface area contributed by atoms with Gasteiger partial charge >= 0.3 is 5.97 Å². The number of amides is 1. The van der Waals surface area contributed by atoms with Crippen LogP contribution in [0.4, 0.5) is 5.69 Å². The fourth-order valence-corrected chi connectivity index (χ4v) is 4.20. The van der Waals surface area contributed by atoms with Gasteiger partial charge in [0, 0.05) is 11.6 Å². The number of fused-ring (bicyclic) bond motifs is 1. The molecule has 0 saturated carbocycles. The zero-order valence-electron chi connectivity index (χ0n) is 16.2. The zero-order valence-corrected chi connectivity index (χ0v) is 18.5. The van der Waals surface area contributed by atoms with Gasteiger partial charge in [-0.1, -0.05) is 35.3 Å². The Balaban J connectivity index is 1.62. The molecular formula is C22H15Cl2N3O3S. The van der Waals surface area contributed by atoms with Gasteiger partial charge in [-0.05, 0) is 60.7 Å². The summed E-state index contributed by atoms with van der Waals surface area (Å²) >= 11 is 13.5. The normalized spacial score (nSPS) is 16.2. The Morgan fingerprint density at radius 1 is 1.23 bits per heavy atom. The smallest absolute Gasteiger partial charge is 0.339 e. The van der Waals surface area contributed by atoms with Crippen LogP contribution in [-0.4, -0.2) is 28.6 Å². The number of rotatable bonds is 4. The Labute approximate surface area is 192 Å². The monoisotopic (exact) mass is 471 g/mol. The van der Waals surface area contributed by atoms with Gasteiger partial charge in [0.1, 0.15) is 5.69 Å². The van der Waals surface area contributed by atoms with Gasteiger partial charge < -0.3 is 10.1 Å². The molecule has 1 aromatic heterocycles. The standard InChI is InChI=1S/C22H15Cl2N3O3S/c1-2-30-21(29)14-10-13-8-12(6-7-17(13)25-11-14)9-18-20(28)27-22(31-18)26-19-15(23)4-3-5-16(19)24/h3-11H,2H2,1H3,(H,26,27,28). The van der Waals surface area contributed by atoms with E-state index in [0.29, 0.717) is 38.0 Å². The van der Waals surface area contributed by atoms with Crippen LogP contribution in [0.2, 0.25) is 10.0 Å². The van der Waals surface area contributed by atoms with Crippen molar-refractivity contribution in [2.24, 2.45) is 4.99 Å². The number of nitrogens with zero attached hydrogens (tertiary/aromatic N) is 2. The molecule has 1 saturated heterocycles. The lowest BCUT2D eigenvalue weighted by atomic mass is 10.1. The molecule has 3 aromatic rings. The van der Waals surface area contributed by atoms with Crippen molar-refractivity contribution in [3.05, 3.63) is 74.7 Å². The van der Waals surface area contributed by atoms with E-state index in [1.54, 1.807) is 37.3 Å². The molecule has 0 unspecified atom stereocenters. The number of aliphatic imine (C=N–C) groups is 1. The van der Waals surface area contributed by atoms with Crippen molar-refractivity contribution in [1.29, 1.82) is 0 Å². The number of carbonyl (C=O) groups excluding carboxylic acids is 2. The van der Waals surface area contributed by atoms with Crippen molar-refractivity contribution >= 4 is 74.7 Å². The number of carbonyl (C=O) groups is 2. The van der Waals surface area contributed by atoms with Gasteiger partial charge in [0.05, 0.1) is 32.6 Å². The Morgan fingerprint density at radius 2 is 2.00 bits per heavy atom. The first-order valence-electron chi connectivity index (χ1n) is 9.25. The van der Waals surface area contributed by atoms with Gasteiger partial charge in [-0.25, -0.2) is 9.79 Å². The van der Waals surface area contributed by atoms with Crippen molar-refractivity contribution in [1.82, 2.24) is 10.3 Å². The number of ether oxygens (including phenoxy) is 1. The van der Waals surface area contributed by atoms with Gasteiger partial charge in [0.25, 0.3) is 5.91 Å². The maximum absolute atomic E-state index is 12.4. The summed E-state index contributed by atoms with van der Waals surface area (Å²) < 4.78 is 5.03. The van der Waals surface area contributed by atoms with Gasteiger partial charge in [0.2, 0.25) is 0 Å². The van der Waals surface area contributed by atoms with E-state index >= 15 is 0 Å². The average Bonchev–Trinajstić information content (AvgIpc) is 3.09. The predicted molar refractivity (Wildman–Crippen MR) is 125 cm³/mol. The predicted octanol–water partition coefficient (Wildman–Crippen LogP) is 5.61. The molecule has 0 aliphatic carbocycles. The van der Waals surface area contributed by atoms with Crippen molar-refractivity contribution < 1.29 is 14.3 Å². The number of pyridine rings is 1. The Morgan fingerprint density at radius 3 is 2.74 bits per heavy atom. The molecule has 31 heavy (non-hydrogen) atoms. The quantitative estimate of drug-likeness (QED) is 0.395. The number of aromatic nitrogens is 1. The number of thioether (sulfide) groups is 1. The van der Waals surface area contributed by atoms with Crippen LogP contribution in [0.25, 0.3) is 17.0 Å². The second-order valence-electron chi connectivity index (χ2n) is 6.45. The molecular weight excluding hydrogens is 457 g/mol. The molecule has 1 aliphatic rings. The molecule has 1 N–H and O–H groups in total. The molecule has 0 atom stereocenters.